The van der Waals surface area contributed by atoms with Crippen molar-refractivity contribution in [3.63, 3.8) is 0 Å². The highest BCUT2D eigenvalue weighted by Gasteiger charge is 2.41. The predicted molar refractivity (Wildman–Crippen MR) is 114 cm³/mol. The summed E-state index contributed by atoms with van der Waals surface area (Å²) >= 11 is 0. The van der Waals surface area contributed by atoms with Crippen LogP contribution in [0.5, 0.6) is 0 Å². The van der Waals surface area contributed by atoms with E-state index in [0.717, 1.165) is 71.3 Å². The smallest absolute Gasteiger partial charge is 0.193 e. The van der Waals surface area contributed by atoms with Crippen molar-refractivity contribution < 1.29 is 9.47 Å². The Balaban J connectivity index is 1.46. The number of hydrogen-bond acceptors (Lipinski definition) is 4. The molecule has 6 heteroatoms. The summed E-state index contributed by atoms with van der Waals surface area (Å²) in [5.41, 5.74) is 1.37. The lowest BCUT2D eigenvalue weighted by molar-refractivity contribution is -0.0502. The summed E-state index contributed by atoms with van der Waals surface area (Å²) in [5.74, 6) is 0.978. The third-order valence-electron chi connectivity index (χ3n) is 5.55. The Morgan fingerprint density at radius 1 is 1.21 bits per heavy atom. The molecule has 2 fully saturated rings. The van der Waals surface area contributed by atoms with Crippen molar-refractivity contribution in [3.8, 4) is 0 Å². The first kappa shape index (κ1) is 21.1. The van der Waals surface area contributed by atoms with E-state index >= 15 is 0 Å². The third kappa shape index (κ3) is 5.93. The van der Waals surface area contributed by atoms with Crippen LogP contribution in [0.25, 0.3) is 0 Å². The quantitative estimate of drug-likeness (QED) is 0.400. The summed E-state index contributed by atoms with van der Waals surface area (Å²) in [6.45, 7) is 9.41. The van der Waals surface area contributed by atoms with Gasteiger partial charge in [0, 0.05) is 53.0 Å². The molecule has 156 valence electrons. The maximum Gasteiger partial charge on any atom is 0.193 e. The summed E-state index contributed by atoms with van der Waals surface area (Å²) in [4.78, 5) is 9.41. The first-order valence-corrected chi connectivity index (χ1v) is 10.7. The fourth-order valence-corrected chi connectivity index (χ4v) is 4.00. The van der Waals surface area contributed by atoms with Crippen molar-refractivity contribution in [2.75, 3.05) is 53.0 Å². The summed E-state index contributed by atoms with van der Waals surface area (Å²) in [6.07, 6.45) is 3.59. The van der Waals surface area contributed by atoms with Crippen LogP contribution in [0, 0.1) is 0 Å². The number of hydrogen-bond donors (Lipinski definition) is 1. The van der Waals surface area contributed by atoms with Gasteiger partial charge in [0.1, 0.15) is 0 Å². The Morgan fingerprint density at radius 3 is 2.82 bits per heavy atom. The van der Waals surface area contributed by atoms with Crippen molar-refractivity contribution >= 4 is 5.96 Å². The van der Waals surface area contributed by atoms with Gasteiger partial charge in [-0.1, -0.05) is 43.7 Å². The molecule has 2 aliphatic heterocycles. The molecule has 0 radical (unpaired) electrons. The minimum absolute atomic E-state index is 0.258. The number of aliphatic imine (C=N–C) groups is 1. The van der Waals surface area contributed by atoms with Gasteiger partial charge in [-0.05, 0) is 18.4 Å². The number of ether oxygens (including phenoxy) is 2. The first-order valence-electron chi connectivity index (χ1n) is 10.7. The van der Waals surface area contributed by atoms with E-state index in [2.05, 4.69) is 57.4 Å². The van der Waals surface area contributed by atoms with E-state index in [4.69, 9.17) is 9.47 Å². The van der Waals surface area contributed by atoms with Crippen LogP contribution in [0.1, 0.15) is 31.7 Å². The van der Waals surface area contributed by atoms with Crippen LogP contribution < -0.4 is 5.32 Å². The molecule has 3 rings (SSSR count). The standard InChI is InChI=1S/C22H36N4O2/c1-3-4-13-27-14-8-11-24-22(23-2)26-17-20-21(18-26)28-15-12-25(20)16-19-9-6-5-7-10-19/h5-7,9-10,20-21H,3-4,8,11-18H2,1-2H3,(H,23,24). The molecule has 28 heavy (non-hydrogen) atoms. The molecular weight excluding hydrogens is 352 g/mol. The van der Waals surface area contributed by atoms with Gasteiger partial charge in [-0.25, -0.2) is 0 Å². The second-order valence-electron chi connectivity index (χ2n) is 7.63. The Hall–Kier alpha value is -1.63. The predicted octanol–water partition coefficient (Wildman–Crippen LogP) is 2.35. The molecular formula is C22H36N4O2. The molecule has 0 aromatic heterocycles. The molecule has 1 aromatic rings. The molecule has 2 atom stereocenters. The zero-order valence-corrected chi connectivity index (χ0v) is 17.5. The van der Waals surface area contributed by atoms with Crippen molar-refractivity contribution in [2.45, 2.75) is 44.9 Å². The molecule has 1 aromatic carbocycles. The molecule has 2 saturated heterocycles. The third-order valence-corrected chi connectivity index (χ3v) is 5.55. The van der Waals surface area contributed by atoms with Crippen LogP contribution in [0.15, 0.2) is 35.3 Å². The zero-order chi connectivity index (χ0) is 19.6. The van der Waals surface area contributed by atoms with E-state index in [9.17, 15) is 0 Å². The molecule has 0 amide bonds. The Bertz CT molecular complexity index is 595. The van der Waals surface area contributed by atoms with Crippen LogP contribution in [0.2, 0.25) is 0 Å². The maximum absolute atomic E-state index is 6.09. The van der Waals surface area contributed by atoms with Crippen LogP contribution in [0.4, 0.5) is 0 Å². The SMILES string of the molecule is CCCCOCCCNC(=NC)N1CC2OCCN(Cc3ccccc3)C2C1. The Morgan fingerprint density at radius 2 is 2.04 bits per heavy atom. The number of guanidine groups is 1. The molecule has 0 saturated carbocycles. The van der Waals surface area contributed by atoms with Gasteiger partial charge in [-0.2, -0.15) is 0 Å². The number of nitrogens with zero attached hydrogens (tertiary/aromatic N) is 3. The normalized spacial score (nSPS) is 23.1. The number of likely N-dealkylation sites (tertiary alicyclic amines) is 1. The van der Waals surface area contributed by atoms with Gasteiger partial charge >= 0.3 is 0 Å². The fourth-order valence-electron chi connectivity index (χ4n) is 4.00. The molecule has 0 bridgehead atoms. The number of morpholine rings is 1. The number of benzene rings is 1. The summed E-state index contributed by atoms with van der Waals surface area (Å²) in [7, 11) is 1.87. The fraction of sp³-hybridized carbons (Fsp3) is 0.682. The van der Waals surface area contributed by atoms with Gasteiger partial charge in [0.15, 0.2) is 5.96 Å². The number of fused-ring (bicyclic) bond motifs is 1. The van der Waals surface area contributed by atoms with E-state index in [-0.39, 0.29) is 6.10 Å². The van der Waals surface area contributed by atoms with Gasteiger partial charge in [0.05, 0.1) is 18.8 Å². The number of unbranched alkanes of at least 4 members (excludes halogenated alkanes) is 1. The lowest BCUT2D eigenvalue weighted by Crippen LogP contribution is -2.50. The van der Waals surface area contributed by atoms with E-state index in [1.165, 1.54) is 12.0 Å². The summed E-state index contributed by atoms with van der Waals surface area (Å²) in [6, 6.07) is 11.1. The van der Waals surface area contributed by atoms with Gasteiger partial charge < -0.3 is 19.7 Å². The second-order valence-corrected chi connectivity index (χ2v) is 7.63. The van der Waals surface area contributed by atoms with Crippen LogP contribution in [-0.2, 0) is 16.0 Å². The van der Waals surface area contributed by atoms with Crippen molar-refractivity contribution in [1.29, 1.82) is 0 Å². The van der Waals surface area contributed by atoms with Crippen molar-refractivity contribution in [2.24, 2.45) is 4.99 Å². The molecule has 2 aliphatic rings. The maximum atomic E-state index is 6.09. The van der Waals surface area contributed by atoms with E-state index < -0.39 is 0 Å². The second kappa shape index (κ2) is 11.4. The molecule has 2 heterocycles. The minimum Gasteiger partial charge on any atom is -0.381 e. The molecule has 0 spiro atoms. The number of nitrogens with one attached hydrogen (secondary N) is 1. The highest BCUT2D eigenvalue weighted by molar-refractivity contribution is 5.80. The largest absolute Gasteiger partial charge is 0.381 e. The van der Waals surface area contributed by atoms with Crippen LogP contribution in [-0.4, -0.2) is 81.0 Å². The van der Waals surface area contributed by atoms with E-state index in [1.54, 1.807) is 0 Å². The summed E-state index contributed by atoms with van der Waals surface area (Å²) in [5, 5.41) is 3.50. The average molecular weight is 389 g/mol. The van der Waals surface area contributed by atoms with E-state index in [0.29, 0.717) is 6.04 Å². The highest BCUT2D eigenvalue weighted by Crippen LogP contribution is 2.24. The molecule has 6 nitrogen and oxygen atoms in total. The minimum atomic E-state index is 0.258. The average Bonchev–Trinajstić information content (AvgIpc) is 3.16. The lowest BCUT2D eigenvalue weighted by Gasteiger charge is -2.36. The van der Waals surface area contributed by atoms with Crippen molar-refractivity contribution in [3.05, 3.63) is 35.9 Å². The zero-order valence-electron chi connectivity index (χ0n) is 17.5. The number of rotatable bonds is 9. The highest BCUT2D eigenvalue weighted by atomic mass is 16.5. The molecule has 0 aliphatic carbocycles. The lowest BCUT2D eigenvalue weighted by atomic mass is 10.1. The van der Waals surface area contributed by atoms with Crippen LogP contribution >= 0.6 is 0 Å². The molecule has 1 N–H and O–H groups in total. The molecule has 2 unspecified atom stereocenters. The topological polar surface area (TPSA) is 49.3 Å². The first-order chi connectivity index (χ1) is 13.8. The van der Waals surface area contributed by atoms with E-state index in [1.807, 2.05) is 7.05 Å². The van der Waals surface area contributed by atoms with Gasteiger partial charge in [0.2, 0.25) is 0 Å². The van der Waals surface area contributed by atoms with Gasteiger partial charge in [0.25, 0.3) is 0 Å². The Labute approximate surface area is 169 Å². The monoisotopic (exact) mass is 388 g/mol. The van der Waals surface area contributed by atoms with Crippen LogP contribution in [0.3, 0.4) is 0 Å². The van der Waals surface area contributed by atoms with Crippen molar-refractivity contribution in [1.82, 2.24) is 15.1 Å². The van der Waals surface area contributed by atoms with Gasteiger partial charge in [-0.3, -0.25) is 9.89 Å². The van der Waals surface area contributed by atoms with Gasteiger partial charge in [-0.15, -0.1) is 0 Å². The summed E-state index contributed by atoms with van der Waals surface area (Å²) < 4.78 is 11.7. The Kier molecular flexibility index (Phi) is 8.58.